The second-order valence-electron chi connectivity index (χ2n) is 3.76. The van der Waals surface area contributed by atoms with E-state index in [0.717, 1.165) is 11.3 Å². The van der Waals surface area contributed by atoms with Crippen molar-refractivity contribution in [2.24, 2.45) is 5.14 Å². The smallest absolute Gasteiger partial charge is 0.209 e. The molecule has 0 spiro atoms. The SMILES string of the molecule is Cc1cccc(C#N)c1NCCCS(N)(=O)=O. The number of nitrogens with zero attached hydrogens (tertiary/aromatic N) is 1. The van der Waals surface area contributed by atoms with Gasteiger partial charge in [-0.3, -0.25) is 0 Å². The van der Waals surface area contributed by atoms with Crippen molar-refractivity contribution < 1.29 is 8.42 Å². The monoisotopic (exact) mass is 253 g/mol. The zero-order valence-corrected chi connectivity index (χ0v) is 10.4. The highest BCUT2D eigenvalue weighted by atomic mass is 32.2. The Balaban J connectivity index is 2.61. The highest BCUT2D eigenvalue weighted by Crippen LogP contribution is 2.19. The summed E-state index contributed by atoms with van der Waals surface area (Å²) in [5.41, 5.74) is 2.27. The third-order valence-corrected chi connectivity index (χ3v) is 3.16. The van der Waals surface area contributed by atoms with Crippen LogP contribution in [0, 0.1) is 18.3 Å². The first-order valence-corrected chi connectivity index (χ1v) is 6.89. The Morgan fingerprint density at radius 3 is 2.76 bits per heavy atom. The molecule has 0 atom stereocenters. The van der Waals surface area contributed by atoms with E-state index in [1.54, 1.807) is 6.07 Å². The van der Waals surface area contributed by atoms with Gasteiger partial charge >= 0.3 is 0 Å². The number of hydrogen-bond acceptors (Lipinski definition) is 4. The molecule has 1 aromatic carbocycles. The summed E-state index contributed by atoms with van der Waals surface area (Å²) in [7, 11) is -3.41. The topological polar surface area (TPSA) is 96.0 Å². The van der Waals surface area contributed by atoms with E-state index in [9.17, 15) is 8.42 Å². The first-order valence-electron chi connectivity index (χ1n) is 5.18. The maximum absolute atomic E-state index is 10.7. The molecule has 0 saturated heterocycles. The van der Waals surface area contributed by atoms with Crippen molar-refractivity contribution in [3.05, 3.63) is 29.3 Å². The Labute approximate surface area is 101 Å². The molecule has 92 valence electrons. The van der Waals surface area contributed by atoms with Gasteiger partial charge in [-0.15, -0.1) is 0 Å². The van der Waals surface area contributed by atoms with Crippen molar-refractivity contribution in [1.29, 1.82) is 5.26 Å². The molecule has 17 heavy (non-hydrogen) atoms. The summed E-state index contributed by atoms with van der Waals surface area (Å²) in [6, 6.07) is 7.51. The molecule has 5 nitrogen and oxygen atoms in total. The summed E-state index contributed by atoms with van der Waals surface area (Å²) in [4.78, 5) is 0. The average molecular weight is 253 g/mol. The molecule has 0 unspecified atom stereocenters. The Morgan fingerprint density at radius 2 is 2.18 bits per heavy atom. The molecular formula is C11H15N3O2S. The van der Waals surface area contributed by atoms with Gasteiger partial charge in [-0.2, -0.15) is 5.26 Å². The predicted octanol–water partition coefficient (Wildman–Crippen LogP) is 0.957. The van der Waals surface area contributed by atoms with Crippen LogP contribution in [0.4, 0.5) is 5.69 Å². The first-order chi connectivity index (χ1) is 7.94. The zero-order valence-electron chi connectivity index (χ0n) is 9.60. The van der Waals surface area contributed by atoms with Crippen LogP contribution in [0.15, 0.2) is 18.2 Å². The summed E-state index contributed by atoms with van der Waals surface area (Å²) in [5.74, 6) is -0.0617. The fourth-order valence-corrected chi connectivity index (χ4v) is 2.03. The lowest BCUT2D eigenvalue weighted by Gasteiger charge is -2.10. The van der Waals surface area contributed by atoms with Gasteiger partial charge in [0.25, 0.3) is 0 Å². The van der Waals surface area contributed by atoms with Crippen LogP contribution in [0.5, 0.6) is 0 Å². The fourth-order valence-electron chi connectivity index (χ4n) is 1.48. The Morgan fingerprint density at radius 1 is 1.47 bits per heavy atom. The maximum Gasteiger partial charge on any atom is 0.209 e. The number of nitrogens with one attached hydrogen (secondary N) is 1. The van der Waals surface area contributed by atoms with Crippen molar-refractivity contribution in [2.45, 2.75) is 13.3 Å². The number of rotatable bonds is 5. The van der Waals surface area contributed by atoms with E-state index >= 15 is 0 Å². The molecule has 0 heterocycles. The largest absolute Gasteiger partial charge is 0.384 e. The summed E-state index contributed by atoms with van der Waals surface area (Å²) in [6.45, 7) is 2.36. The van der Waals surface area contributed by atoms with Gasteiger partial charge in [0.05, 0.1) is 17.0 Å². The van der Waals surface area contributed by atoms with Crippen molar-refractivity contribution >= 4 is 15.7 Å². The molecule has 0 fully saturated rings. The summed E-state index contributed by atoms with van der Waals surface area (Å²) in [5, 5.41) is 16.9. The molecule has 0 saturated carbocycles. The molecule has 1 aromatic rings. The van der Waals surface area contributed by atoms with Crippen LogP contribution in [-0.2, 0) is 10.0 Å². The number of sulfonamides is 1. The van der Waals surface area contributed by atoms with Crippen LogP contribution in [0.25, 0.3) is 0 Å². The highest BCUT2D eigenvalue weighted by molar-refractivity contribution is 7.89. The van der Waals surface area contributed by atoms with Gasteiger partial charge in [0.15, 0.2) is 0 Å². The number of aryl methyl sites for hydroxylation is 1. The second-order valence-corrected chi connectivity index (χ2v) is 5.49. The Kier molecular flexibility index (Phi) is 4.49. The van der Waals surface area contributed by atoms with Crippen molar-refractivity contribution in [3.8, 4) is 6.07 Å². The maximum atomic E-state index is 10.7. The van der Waals surface area contributed by atoms with Crippen molar-refractivity contribution in [2.75, 3.05) is 17.6 Å². The summed E-state index contributed by atoms with van der Waals surface area (Å²) >= 11 is 0. The molecule has 1 rings (SSSR count). The summed E-state index contributed by atoms with van der Waals surface area (Å²) in [6.07, 6.45) is 0.415. The molecule has 6 heteroatoms. The van der Waals surface area contributed by atoms with E-state index in [0.29, 0.717) is 18.5 Å². The Hall–Kier alpha value is -1.58. The van der Waals surface area contributed by atoms with Crippen molar-refractivity contribution in [1.82, 2.24) is 0 Å². The van der Waals surface area contributed by atoms with E-state index in [2.05, 4.69) is 11.4 Å². The van der Waals surface area contributed by atoms with Crippen LogP contribution in [0.3, 0.4) is 0 Å². The number of benzene rings is 1. The van der Waals surface area contributed by atoms with Gasteiger partial charge in [0.1, 0.15) is 6.07 Å². The lowest BCUT2D eigenvalue weighted by atomic mass is 10.1. The van der Waals surface area contributed by atoms with Gasteiger partial charge in [-0.1, -0.05) is 12.1 Å². The van der Waals surface area contributed by atoms with Gasteiger partial charge in [0.2, 0.25) is 10.0 Å². The molecule has 0 radical (unpaired) electrons. The van der Waals surface area contributed by atoms with Gasteiger partial charge in [0, 0.05) is 6.54 Å². The van der Waals surface area contributed by atoms with Gasteiger partial charge < -0.3 is 5.32 Å². The van der Waals surface area contributed by atoms with Crippen LogP contribution in [0.2, 0.25) is 0 Å². The van der Waals surface area contributed by atoms with E-state index in [4.69, 9.17) is 10.4 Å². The van der Waals surface area contributed by atoms with Gasteiger partial charge in [-0.25, -0.2) is 13.6 Å². The lowest BCUT2D eigenvalue weighted by molar-refractivity contribution is 0.596. The molecule has 0 aliphatic rings. The minimum Gasteiger partial charge on any atom is -0.384 e. The average Bonchev–Trinajstić information content (AvgIpc) is 2.24. The zero-order chi connectivity index (χ0) is 12.9. The van der Waals surface area contributed by atoms with Crippen LogP contribution in [0.1, 0.15) is 17.5 Å². The molecule has 0 aliphatic heterocycles. The minimum absolute atomic E-state index is 0.0617. The number of anilines is 1. The number of para-hydroxylation sites is 1. The molecule has 3 N–H and O–H groups in total. The van der Waals surface area contributed by atoms with E-state index in [1.807, 2.05) is 19.1 Å². The van der Waals surface area contributed by atoms with E-state index < -0.39 is 10.0 Å². The summed E-state index contributed by atoms with van der Waals surface area (Å²) < 4.78 is 21.5. The number of nitrogens with two attached hydrogens (primary N) is 1. The number of primary sulfonamides is 1. The third-order valence-electron chi connectivity index (χ3n) is 2.30. The third kappa shape index (κ3) is 4.43. The second kappa shape index (κ2) is 5.66. The Bertz CT molecular complexity index is 532. The number of nitriles is 1. The fraction of sp³-hybridized carbons (Fsp3) is 0.364. The number of hydrogen-bond donors (Lipinski definition) is 2. The van der Waals surface area contributed by atoms with Gasteiger partial charge in [-0.05, 0) is 25.0 Å². The van der Waals surface area contributed by atoms with Crippen LogP contribution >= 0.6 is 0 Å². The first kappa shape index (κ1) is 13.5. The van der Waals surface area contributed by atoms with E-state index in [-0.39, 0.29) is 5.75 Å². The molecule has 0 bridgehead atoms. The van der Waals surface area contributed by atoms with Crippen molar-refractivity contribution in [3.63, 3.8) is 0 Å². The molecule has 0 aromatic heterocycles. The predicted molar refractivity (Wildman–Crippen MR) is 67.0 cm³/mol. The lowest BCUT2D eigenvalue weighted by Crippen LogP contribution is -2.19. The quantitative estimate of drug-likeness (QED) is 0.764. The van der Waals surface area contributed by atoms with Crippen LogP contribution < -0.4 is 10.5 Å². The standard InChI is InChI=1S/C11H15N3O2S/c1-9-4-2-5-10(8-12)11(9)14-6-3-7-17(13,15)16/h2,4-5,14H,3,6-7H2,1H3,(H2,13,15,16). The molecule has 0 aliphatic carbocycles. The normalized spacial score (nSPS) is 10.9. The highest BCUT2D eigenvalue weighted by Gasteiger charge is 2.05. The van der Waals surface area contributed by atoms with Crippen LogP contribution in [-0.4, -0.2) is 20.7 Å². The van der Waals surface area contributed by atoms with E-state index in [1.165, 1.54) is 0 Å². The molecule has 0 amide bonds. The molecular weight excluding hydrogens is 238 g/mol. The minimum atomic E-state index is -3.41.